The van der Waals surface area contributed by atoms with Crippen LogP contribution in [0.2, 0.25) is 0 Å². The van der Waals surface area contributed by atoms with Gasteiger partial charge < -0.3 is 9.13 Å². The summed E-state index contributed by atoms with van der Waals surface area (Å²) >= 11 is 0. The monoisotopic (exact) mass is 895 g/mol. The molecule has 0 aliphatic rings. The molecule has 13 rings (SSSR count). The zero-order valence-electron chi connectivity index (χ0n) is 37.8. The third kappa shape index (κ3) is 6.76. The van der Waals surface area contributed by atoms with Gasteiger partial charge in [-0.25, -0.2) is 4.98 Å². The number of fused-ring (bicyclic) bond motifs is 6. The van der Waals surface area contributed by atoms with E-state index in [4.69, 9.17) is 4.98 Å². The van der Waals surface area contributed by atoms with Crippen molar-refractivity contribution in [3.8, 4) is 45.0 Å². The van der Waals surface area contributed by atoms with Crippen molar-refractivity contribution in [2.45, 2.75) is 0 Å². The molecule has 13 aromatic rings. The average molecular weight is 896 g/mol. The molecule has 3 nitrogen and oxygen atoms in total. The number of aromatic nitrogens is 3. The second-order valence-electron chi connectivity index (χ2n) is 17.9. The van der Waals surface area contributed by atoms with E-state index in [-0.39, 0.29) is 0 Å². The third-order valence-corrected chi connectivity index (χ3v) is 18.8. The molecule has 0 atom stereocenters. The zero-order valence-corrected chi connectivity index (χ0v) is 38.8. The van der Waals surface area contributed by atoms with Gasteiger partial charge >= 0.3 is 0 Å². The summed E-state index contributed by atoms with van der Waals surface area (Å²) in [5.74, 6) is 0. The van der Waals surface area contributed by atoms with Crippen molar-refractivity contribution in [3.63, 3.8) is 0 Å². The average Bonchev–Trinajstić information content (AvgIpc) is 3.95. The summed E-state index contributed by atoms with van der Waals surface area (Å²) in [5, 5.41) is 10.3. The van der Waals surface area contributed by atoms with Crippen LogP contribution < -0.4 is 20.7 Å². The van der Waals surface area contributed by atoms with E-state index in [1.54, 1.807) is 0 Å². The van der Waals surface area contributed by atoms with Crippen LogP contribution in [0, 0.1) is 0 Å². The minimum atomic E-state index is -2.71. The Morgan fingerprint density at radius 3 is 1.17 bits per heavy atom. The molecule has 3 heterocycles. The van der Waals surface area contributed by atoms with Crippen LogP contribution in [0.5, 0.6) is 0 Å². The fourth-order valence-electron chi connectivity index (χ4n) is 11.0. The molecule has 69 heavy (non-hydrogen) atoms. The van der Waals surface area contributed by atoms with Crippen molar-refractivity contribution < 1.29 is 0 Å². The standard InChI is InChI=1S/C65H45N3Si/c1-5-22-50(23-6-1)67-62-36-15-13-32-56(62)58-44-46(38-40-64(58)67)47-39-41-65-59(45-47)57-33-14-16-37-63(57)68(65)51-24-17-20-48(42-51)60-34-19-35-61(66-60)49-21-18-31-55(43-49)69(52-25-7-2-8-26-52,53-27-9-3-10-28-53)54-29-11-4-12-30-54/h1-45H. The Kier molecular flexibility index (Phi) is 9.85. The molecule has 0 aliphatic heterocycles. The maximum Gasteiger partial charge on any atom is 0.179 e. The lowest BCUT2D eigenvalue weighted by Crippen LogP contribution is -2.74. The maximum atomic E-state index is 5.41. The lowest BCUT2D eigenvalue weighted by atomic mass is 10.0. The maximum absolute atomic E-state index is 5.41. The molecular formula is C65H45N3Si. The highest BCUT2D eigenvalue weighted by atomic mass is 28.3. The van der Waals surface area contributed by atoms with E-state index < -0.39 is 8.07 Å². The predicted molar refractivity (Wildman–Crippen MR) is 293 cm³/mol. The lowest BCUT2D eigenvalue weighted by Gasteiger charge is -2.34. The summed E-state index contributed by atoms with van der Waals surface area (Å²) in [4.78, 5) is 5.41. The topological polar surface area (TPSA) is 22.8 Å². The first kappa shape index (κ1) is 40.4. The van der Waals surface area contributed by atoms with E-state index in [0.717, 1.165) is 33.9 Å². The number of benzene rings is 10. The Balaban J connectivity index is 0.891. The summed E-state index contributed by atoms with van der Waals surface area (Å²) in [6.07, 6.45) is 0. The first-order chi connectivity index (χ1) is 34.2. The number of nitrogens with zero attached hydrogens (tertiary/aromatic N) is 3. The number of pyridine rings is 1. The number of para-hydroxylation sites is 3. The fraction of sp³-hybridized carbons (Fsp3) is 0. The van der Waals surface area contributed by atoms with Gasteiger partial charge in [-0.2, -0.15) is 0 Å². The minimum Gasteiger partial charge on any atom is -0.309 e. The first-order valence-corrected chi connectivity index (χ1v) is 25.7. The summed E-state index contributed by atoms with van der Waals surface area (Å²) in [6, 6.07) is 99.8. The van der Waals surface area contributed by atoms with Crippen LogP contribution in [0.25, 0.3) is 88.6 Å². The van der Waals surface area contributed by atoms with Gasteiger partial charge in [-0.3, -0.25) is 0 Å². The van der Waals surface area contributed by atoms with E-state index in [1.165, 1.54) is 75.5 Å². The van der Waals surface area contributed by atoms with Crippen LogP contribution >= 0.6 is 0 Å². The van der Waals surface area contributed by atoms with E-state index in [0.29, 0.717) is 0 Å². The quantitative estimate of drug-likeness (QED) is 0.105. The zero-order chi connectivity index (χ0) is 45.7. The van der Waals surface area contributed by atoms with Crippen molar-refractivity contribution in [2.24, 2.45) is 0 Å². The van der Waals surface area contributed by atoms with E-state index in [2.05, 4.69) is 282 Å². The Morgan fingerprint density at radius 2 is 0.638 bits per heavy atom. The fourth-order valence-corrected chi connectivity index (χ4v) is 15.8. The molecule has 0 saturated heterocycles. The Bertz CT molecular complexity index is 3910. The molecule has 0 aliphatic carbocycles. The molecule has 0 N–H and O–H groups in total. The van der Waals surface area contributed by atoms with E-state index in [1.807, 2.05) is 0 Å². The molecule has 0 radical (unpaired) electrons. The summed E-state index contributed by atoms with van der Waals surface area (Å²) in [5.41, 5.74) is 13.5. The number of rotatable bonds is 9. The minimum absolute atomic E-state index is 0.935. The van der Waals surface area contributed by atoms with Crippen LogP contribution in [0.15, 0.2) is 273 Å². The predicted octanol–water partition coefficient (Wildman–Crippen LogP) is 13.7. The molecule has 4 heteroatoms. The van der Waals surface area contributed by atoms with Crippen LogP contribution in [-0.4, -0.2) is 22.2 Å². The van der Waals surface area contributed by atoms with Gasteiger partial charge in [-0.05, 0) is 105 Å². The second-order valence-corrected chi connectivity index (χ2v) is 21.7. The molecule has 0 unspecified atom stereocenters. The van der Waals surface area contributed by atoms with Gasteiger partial charge in [0.25, 0.3) is 0 Å². The van der Waals surface area contributed by atoms with E-state index >= 15 is 0 Å². The van der Waals surface area contributed by atoms with Gasteiger partial charge in [0, 0.05) is 44.0 Å². The first-order valence-electron chi connectivity index (χ1n) is 23.7. The van der Waals surface area contributed by atoms with Crippen LogP contribution in [0.1, 0.15) is 0 Å². The van der Waals surface area contributed by atoms with Crippen LogP contribution in [0.4, 0.5) is 0 Å². The largest absolute Gasteiger partial charge is 0.309 e. The molecule has 0 amide bonds. The molecule has 0 saturated carbocycles. The number of hydrogen-bond donors (Lipinski definition) is 0. The van der Waals surface area contributed by atoms with Crippen molar-refractivity contribution in [2.75, 3.05) is 0 Å². The highest BCUT2D eigenvalue weighted by Gasteiger charge is 2.41. The molecule has 0 fully saturated rings. The molecule has 324 valence electrons. The Morgan fingerprint density at radius 1 is 0.246 bits per heavy atom. The highest BCUT2D eigenvalue weighted by molar-refractivity contribution is 7.19. The molecule has 10 aromatic carbocycles. The molecular weight excluding hydrogens is 851 g/mol. The van der Waals surface area contributed by atoms with Gasteiger partial charge in [0.05, 0.1) is 33.5 Å². The van der Waals surface area contributed by atoms with Crippen molar-refractivity contribution in [3.05, 3.63) is 273 Å². The van der Waals surface area contributed by atoms with Gasteiger partial charge in [0.1, 0.15) is 0 Å². The SMILES string of the molecule is c1ccc(-n2c3ccccc3c3cc(-c4ccc5c(c4)c4ccccc4n5-c4cccc(-c5cccc(-c6cccc([Si](c7ccccc7)(c7ccccc7)c7ccccc7)c6)n5)c4)ccc32)cc1. The molecule has 0 spiro atoms. The number of hydrogen-bond acceptors (Lipinski definition) is 1. The normalized spacial score (nSPS) is 11.8. The van der Waals surface area contributed by atoms with Gasteiger partial charge in [-0.1, -0.05) is 200 Å². The smallest absolute Gasteiger partial charge is 0.179 e. The summed E-state index contributed by atoms with van der Waals surface area (Å²) < 4.78 is 4.78. The van der Waals surface area contributed by atoms with Crippen molar-refractivity contribution in [1.29, 1.82) is 0 Å². The Labute approximate surface area is 402 Å². The van der Waals surface area contributed by atoms with Gasteiger partial charge in [0.15, 0.2) is 8.07 Å². The van der Waals surface area contributed by atoms with Crippen LogP contribution in [-0.2, 0) is 0 Å². The summed E-state index contributed by atoms with van der Waals surface area (Å²) in [7, 11) is -2.71. The van der Waals surface area contributed by atoms with Gasteiger partial charge in [0.2, 0.25) is 0 Å². The van der Waals surface area contributed by atoms with Crippen molar-refractivity contribution >= 4 is 72.4 Å². The highest BCUT2D eigenvalue weighted by Crippen LogP contribution is 2.39. The molecule has 0 bridgehead atoms. The second kappa shape index (κ2) is 16.8. The van der Waals surface area contributed by atoms with Crippen LogP contribution in [0.3, 0.4) is 0 Å². The van der Waals surface area contributed by atoms with Gasteiger partial charge in [-0.15, -0.1) is 0 Å². The third-order valence-electron chi connectivity index (χ3n) is 14.1. The lowest BCUT2D eigenvalue weighted by molar-refractivity contribution is 1.18. The van der Waals surface area contributed by atoms with Crippen molar-refractivity contribution in [1.82, 2.24) is 14.1 Å². The van der Waals surface area contributed by atoms with E-state index in [9.17, 15) is 0 Å². The summed E-state index contributed by atoms with van der Waals surface area (Å²) in [6.45, 7) is 0. The molecule has 3 aromatic heterocycles. The Hall–Kier alpha value is -8.83.